The molecule has 0 spiro atoms. The third-order valence-corrected chi connectivity index (χ3v) is 3.71. The molecule has 0 saturated carbocycles. The number of hydrogen-bond donors (Lipinski definition) is 1. The first-order valence-corrected chi connectivity index (χ1v) is 6.45. The molecule has 0 radical (unpaired) electrons. The predicted octanol–water partition coefficient (Wildman–Crippen LogP) is 2.27. The molecule has 0 aliphatic rings. The van der Waals surface area contributed by atoms with E-state index in [0.29, 0.717) is 18.5 Å². The SMILES string of the molecule is CC(C)C(C)N(C)c1nc2ccccn2c1CN. The van der Waals surface area contributed by atoms with Crippen molar-refractivity contribution >= 4 is 11.5 Å². The molecule has 2 aromatic rings. The Bertz CT molecular complexity index is 530. The van der Waals surface area contributed by atoms with Gasteiger partial charge in [0.15, 0.2) is 5.82 Å². The first kappa shape index (κ1) is 12.9. The standard InChI is InChI=1S/C14H22N4/c1-10(2)11(3)17(4)14-12(9-15)18-8-6-5-7-13(18)16-14/h5-8,10-11H,9,15H2,1-4H3. The number of imidazole rings is 1. The maximum atomic E-state index is 5.89. The molecular weight excluding hydrogens is 224 g/mol. The molecule has 98 valence electrons. The molecule has 0 aromatic carbocycles. The zero-order valence-electron chi connectivity index (χ0n) is 11.6. The molecule has 0 aliphatic heterocycles. The first-order valence-electron chi connectivity index (χ1n) is 6.45. The molecule has 0 bridgehead atoms. The number of nitrogens with zero attached hydrogens (tertiary/aromatic N) is 3. The van der Waals surface area contributed by atoms with Crippen LogP contribution in [-0.2, 0) is 6.54 Å². The lowest BCUT2D eigenvalue weighted by atomic mass is 10.1. The van der Waals surface area contributed by atoms with E-state index in [0.717, 1.165) is 17.2 Å². The second-order valence-electron chi connectivity index (χ2n) is 5.11. The molecule has 1 atom stereocenters. The van der Waals surface area contributed by atoms with E-state index >= 15 is 0 Å². The minimum Gasteiger partial charge on any atom is -0.355 e. The smallest absolute Gasteiger partial charge is 0.152 e. The fourth-order valence-electron chi connectivity index (χ4n) is 2.15. The third-order valence-electron chi connectivity index (χ3n) is 3.71. The Balaban J connectivity index is 2.50. The van der Waals surface area contributed by atoms with E-state index in [1.165, 1.54) is 0 Å². The van der Waals surface area contributed by atoms with Crippen LogP contribution in [0.4, 0.5) is 5.82 Å². The summed E-state index contributed by atoms with van der Waals surface area (Å²) < 4.78 is 2.07. The van der Waals surface area contributed by atoms with Crippen LogP contribution < -0.4 is 10.6 Å². The average Bonchev–Trinajstić information content (AvgIpc) is 2.75. The Labute approximate surface area is 108 Å². The van der Waals surface area contributed by atoms with Crippen LogP contribution in [0.3, 0.4) is 0 Å². The summed E-state index contributed by atoms with van der Waals surface area (Å²) in [6, 6.07) is 6.44. The van der Waals surface area contributed by atoms with Gasteiger partial charge in [-0.3, -0.25) is 0 Å². The van der Waals surface area contributed by atoms with Crippen molar-refractivity contribution in [3.05, 3.63) is 30.1 Å². The Morgan fingerprint density at radius 3 is 2.67 bits per heavy atom. The number of nitrogens with two attached hydrogens (primary N) is 1. The van der Waals surface area contributed by atoms with Crippen molar-refractivity contribution in [1.29, 1.82) is 0 Å². The van der Waals surface area contributed by atoms with Gasteiger partial charge in [-0.25, -0.2) is 4.98 Å². The second kappa shape index (κ2) is 4.98. The highest BCUT2D eigenvalue weighted by Gasteiger charge is 2.20. The highest BCUT2D eigenvalue weighted by molar-refractivity contribution is 5.56. The average molecular weight is 246 g/mol. The summed E-state index contributed by atoms with van der Waals surface area (Å²) in [7, 11) is 2.09. The predicted molar refractivity (Wildman–Crippen MR) is 75.8 cm³/mol. The van der Waals surface area contributed by atoms with Crippen LogP contribution in [0.15, 0.2) is 24.4 Å². The molecule has 2 heterocycles. The van der Waals surface area contributed by atoms with Gasteiger partial charge in [-0.15, -0.1) is 0 Å². The van der Waals surface area contributed by atoms with Crippen molar-refractivity contribution in [1.82, 2.24) is 9.38 Å². The molecule has 2 rings (SSSR count). The van der Waals surface area contributed by atoms with E-state index in [2.05, 4.69) is 37.1 Å². The molecule has 2 aromatic heterocycles. The van der Waals surface area contributed by atoms with Crippen LogP contribution in [0, 0.1) is 5.92 Å². The van der Waals surface area contributed by atoms with Crippen molar-refractivity contribution in [3.8, 4) is 0 Å². The quantitative estimate of drug-likeness (QED) is 0.900. The van der Waals surface area contributed by atoms with Gasteiger partial charge in [-0.1, -0.05) is 19.9 Å². The van der Waals surface area contributed by atoms with Crippen LogP contribution in [0.2, 0.25) is 0 Å². The summed E-state index contributed by atoms with van der Waals surface area (Å²) in [5.74, 6) is 1.57. The minimum atomic E-state index is 0.431. The molecular formula is C14H22N4. The van der Waals surface area contributed by atoms with Crippen molar-refractivity contribution in [2.24, 2.45) is 11.7 Å². The molecule has 0 amide bonds. The fourth-order valence-corrected chi connectivity index (χ4v) is 2.15. The largest absolute Gasteiger partial charge is 0.355 e. The minimum absolute atomic E-state index is 0.431. The fraction of sp³-hybridized carbons (Fsp3) is 0.500. The molecule has 2 N–H and O–H groups in total. The lowest BCUT2D eigenvalue weighted by Crippen LogP contribution is -2.34. The number of fused-ring (bicyclic) bond motifs is 1. The van der Waals surface area contributed by atoms with Crippen LogP contribution >= 0.6 is 0 Å². The van der Waals surface area contributed by atoms with E-state index in [9.17, 15) is 0 Å². The van der Waals surface area contributed by atoms with Gasteiger partial charge in [0.05, 0.1) is 5.69 Å². The Morgan fingerprint density at radius 2 is 2.06 bits per heavy atom. The summed E-state index contributed by atoms with van der Waals surface area (Å²) >= 11 is 0. The molecule has 1 unspecified atom stereocenters. The number of aromatic nitrogens is 2. The molecule has 4 nitrogen and oxygen atoms in total. The Morgan fingerprint density at radius 1 is 1.33 bits per heavy atom. The number of anilines is 1. The van der Waals surface area contributed by atoms with Gasteiger partial charge < -0.3 is 15.0 Å². The zero-order chi connectivity index (χ0) is 13.3. The highest BCUT2D eigenvalue weighted by atomic mass is 15.2. The van der Waals surface area contributed by atoms with Crippen LogP contribution in [0.5, 0.6) is 0 Å². The maximum Gasteiger partial charge on any atom is 0.152 e. The van der Waals surface area contributed by atoms with Gasteiger partial charge >= 0.3 is 0 Å². The summed E-state index contributed by atoms with van der Waals surface area (Å²) in [5, 5.41) is 0. The summed E-state index contributed by atoms with van der Waals surface area (Å²) in [4.78, 5) is 6.92. The van der Waals surface area contributed by atoms with E-state index in [1.807, 2.05) is 24.4 Å². The summed E-state index contributed by atoms with van der Waals surface area (Å²) in [6.07, 6.45) is 2.02. The van der Waals surface area contributed by atoms with E-state index in [1.54, 1.807) is 0 Å². The van der Waals surface area contributed by atoms with E-state index in [4.69, 9.17) is 10.7 Å². The van der Waals surface area contributed by atoms with Gasteiger partial charge in [-0.2, -0.15) is 0 Å². The summed E-state index contributed by atoms with van der Waals surface area (Å²) in [6.45, 7) is 7.16. The van der Waals surface area contributed by atoms with Crippen LogP contribution in [0.25, 0.3) is 5.65 Å². The number of pyridine rings is 1. The van der Waals surface area contributed by atoms with Gasteiger partial charge in [0.2, 0.25) is 0 Å². The Kier molecular flexibility index (Phi) is 3.57. The zero-order valence-corrected chi connectivity index (χ0v) is 11.6. The van der Waals surface area contributed by atoms with Crippen molar-refractivity contribution in [2.75, 3.05) is 11.9 Å². The van der Waals surface area contributed by atoms with Crippen molar-refractivity contribution in [2.45, 2.75) is 33.4 Å². The maximum absolute atomic E-state index is 5.89. The second-order valence-corrected chi connectivity index (χ2v) is 5.11. The lowest BCUT2D eigenvalue weighted by molar-refractivity contribution is 0.502. The first-order chi connectivity index (χ1) is 8.56. The lowest BCUT2D eigenvalue weighted by Gasteiger charge is -2.28. The molecule has 0 fully saturated rings. The van der Waals surface area contributed by atoms with E-state index in [-0.39, 0.29) is 0 Å². The number of rotatable bonds is 4. The van der Waals surface area contributed by atoms with Gasteiger partial charge in [0.1, 0.15) is 5.65 Å². The van der Waals surface area contributed by atoms with Crippen molar-refractivity contribution in [3.63, 3.8) is 0 Å². The van der Waals surface area contributed by atoms with Gasteiger partial charge in [-0.05, 0) is 25.0 Å². The molecule has 18 heavy (non-hydrogen) atoms. The monoisotopic (exact) mass is 246 g/mol. The van der Waals surface area contributed by atoms with Gasteiger partial charge in [0.25, 0.3) is 0 Å². The van der Waals surface area contributed by atoms with Crippen LogP contribution in [0.1, 0.15) is 26.5 Å². The van der Waals surface area contributed by atoms with E-state index < -0.39 is 0 Å². The molecule has 0 saturated heterocycles. The Hall–Kier alpha value is -1.55. The summed E-state index contributed by atoms with van der Waals surface area (Å²) in [5.41, 5.74) is 7.91. The number of hydrogen-bond acceptors (Lipinski definition) is 3. The van der Waals surface area contributed by atoms with Gasteiger partial charge in [0, 0.05) is 25.8 Å². The molecule has 0 aliphatic carbocycles. The van der Waals surface area contributed by atoms with Crippen LogP contribution in [-0.4, -0.2) is 22.5 Å². The topological polar surface area (TPSA) is 46.6 Å². The normalized spacial score (nSPS) is 13.2. The highest BCUT2D eigenvalue weighted by Crippen LogP contribution is 2.24. The van der Waals surface area contributed by atoms with Crippen molar-refractivity contribution < 1.29 is 0 Å². The molecule has 4 heteroatoms. The third kappa shape index (κ3) is 2.08.